The molecule has 3 aromatic rings. The fourth-order valence-electron chi connectivity index (χ4n) is 3.27. The van der Waals surface area contributed by atoms with Crippen LogP contribution in [0.15, 0.2) is 54.9 Å². The summed E-state index contributed by atoms with van der Waals surface area (Å²) >= 11 is 0. The van der Waals surface area contributed by atoms with Crippen molar-refractivity contribution in [1.82, 2.24) is 25.1 Å². The van der Waals surface area contributed by atoms with Gasteiger partial charge < -0.3 is 14.5 Å². The lowest BCUT2D eigenvalue weighted by atomic mass is 10.1. The van der Waals surface area contributed by atoms with Crippen molar-refractivity contribution in [1.29, 1.82) is 0 Å². The number of amides is 1. The molecular formula is C19H20N6O2. The lowest BCUT2D eigenvalue weighted by Crippen LogP contribution is -2.49. The number of tetrazole rings is 1. The number of nitrogens with zero attached hydrogens (tertiary/aromatic N) is 6. The van der Waals surface area contributed by atoms with Gasteiger partial charge in [-0.15, -0.1) is 5.10 Å². The molecule has 0 bridgehead atoms. The van der Waals surface area contributed by atoms with Crippen molar-refractivity contribution in [2.24, 2.45) is 0 Å². The molecule has 2 heterocycles. The number of ether oxygens (including phenoxy) is 1. The van der Waals surface area contributed by atoms with Crippen LogP contribution in [0.25, 0.3) is 5.69 Å². The van der Waals surface area contributed by atoms with Gasteiger partial charge in [0.2, 0.25) is 0 Å². The van der Waals surface area contributed by atoms with Crippen molar-refractivity contribution < 1.29 is 9.53 Å². The van der Waals surface area contributed by atoms with Gasteiger partial charge in [0, 0.05) is 37.9 Å². The summed E-state index contributed by atoms with van der Waals surface area (Å²) in [4.78, 5) is 17.2. The van der Waals surface area contributed by atoms with E-state index in [0.29, 0.717) is 24.3 Å². The molecule has 0 N–H and O–H groups in total. The zero-order chi connectivity index (χ0) is 18.6. The minimum absolute atomic E-state index is 0.00797. The molecule has 0 atom stereocenters. The smallest absolute Gasteiger partial charge is 0.256 e. The summed E-state index contributed by atoms with van der Waals surface area (Å²) in [6.07, 6.45) is 1.49. The summed E-state index contributed by atoms with van der Waals surface area (Å²) in [6, 6.07) is 15.4. The minimum atomic E-state index is -0.00797. The highest BCUT2D eigenvalue weighted by Gasteiger charge is 2.24. The third-order valence-corrected chi connectivity index (χ3v) is 4.72. The molecular weight excluding hydrogens is 344 g/mol. The Labute approximate surface area is 157 Å². The molecule has 27 heavy (non-hydrogen) atoms. The number of benzene rings is 2. The van der Waals surface area contributed by atoms with Crippen LogP contribution in [-0.2, 0) is 0 Å². The van der Waals surface area contributed by atoms with Crippen molar-refractivity contribution in [3.8, 4) is 11.4 Å². The summed E-state index contributed by atoms with van der Waals surface area (Å²) in [7, 11) is 1.66. The molecule has 0 radical (unpaired) electrons. The largest absolute Gasteiger partial charge is 0.497 e. The van der Waals surface area contributed by atoms with Crippen LogP contribution in [0, 0.1) is 0 Å². The Hall–Kier alpha value is -3.42. The van der Waals surface area contributed by atoms with Crippen LogP contribution in [0.1, 0.15) is 10.4 Å². The Morgan fingerprint density at radius 3 is 2.59 bits per heavy atom. The number of para-hydroxylation sites is 1. The van der Waals surface area contributed by atoms with Gasteiger partial charge in [-0.05, 0) is 34.7 Å². The first-order valence-corrected chi connectivity index (χ1v) is 8.77. The topological polar surface area (TPSA) is 76.4 Å². The summed E-state index contributed by atoms with van der Waals surface area (Å²) in [6.45, 7) is 2.85. The van der Waals surface area contributed by atoms with E-state index in [1.165, 1.54) is 11.0 Å². The molecule has 8 heteroatoms. The summed E-state index contributed by atoms with van der Waals surface area (Å²) in [5, 5.41) is 11.2. The van der Waals surface area contributed by atoms with Gasteiger partial charge >= 0.3 is 0 Å². The molecule has 1 aliphatic heterocycles. The van der Waals surface area contributed by atoms with Crippen LogP contribution >= 0.6 is 0 Å². The Bertz CT molecular complexity index is 919. The van der Waals surface area contributed by atoms with Crippen molar-refractivity contribution in [3.05, 3.63) is 60.4 Å². The summed E-state index contributed by atoms with van der Waals surface area (Å²) < 4.78 is 6.82. The van der Waals surface area contributed by atoms with Crippen molar-refractivity contribution in [2.45, 2.75) is 0 Å². The molecule has 2 aromatic carbocycles. The van der Waals surface area contributed by atoms with Crippen LogP contribution in [0.4, 0.5) is 5.69 Å². The molecule has 1 aliphatic rings. The second-order valence-electron chi connectivity index (χ2n) is 6.25. The second kappa shape index (κ2) is 7.45. The molecule has 138 valence electrons. The Morgan fingerprint density at radius 1 is 1.04 bits per heavy atom. The van der Waals surface area contributed by atoms with Gasteiger partial charge in [0.25, 0.3) is 5.91 Å². The standard InChI is InChI=1S/C19H20N6O2/c1-27-16-6-4-5-15(13-16)23-9-11-24(12-10-23)19(26)17-7-2-3-8-18(17)25-14-20-21-22-25/h2-8,13-14H,9-12H2,1H3. The molecule has 0 saturated carbocycles. The molecule has 0 unspecified atom stereocenters. The maximum atomic E-state index is 13.1. The number of hydrogen-bond acceptors (Lipinski definition) is 6. The molecule has 1 saturated heterocycles. The van der Waals surface area contributed by atoms with E-state index in [1.807, 2.05) is 47.4 Å². The zero-order valence-corrected chi connectivity index (χ0v) is 15.0. The normalized spacial score (nSPS) is 14.3. The highest BCUT2D eigenvalue weighted by molar-refractivity contribution is 5.97. The quantitative estimate of drug-likeness (QED) is 0.700. The van der Waals surface area contributed by atoms with E-state index >= 15 is 0 Å². The van der Waals surface area contributed by atoms with Crippen LogP contribution in [0.5, 0.6) is 5.75 Å². The number of piperazine rings is 1. The molecule has 1 amide bonds. The average molecular weight is 364 g/mol. The van der Waals surface area contributed by atoms with Crippen molar-refractivity contribution in [2.75, 3.05) is 38.2 Å². The molecule has 4 rings (SSSR count). The number of carbonyl (C=O) groups is 1. The summed E-state index contributed by atoms with van der Waals surface area (Å²) in [5.41, 5.74) is 2.39. The predicted octanol–water partition coefficient (Wildman–Crippen LogP) is 1.63. The second-order valence-corrected chi connectivity index (χ2v) is 6.25. The number of rotatable bonds is 4. The number of aromatic nitrogens is 4. The maximum Gasteiger partial charge on any atom is 0.256 e. The van der Waals surface area contributed by atoms with Crippen molar-refractivity contribution >= 4 is 11.6 Å². The monoisotopic (exact) mass is 364 g/mol. The SMILES string of the molecule is COc1cccc(N2CCN(C(=O)c3ccccc3-n3cnnn3)CC2)c1. The lowest BCUT2D eigenvalue weighted by Gasteiger charge is -2.36. The lowest BCUT2D eigenvalue weighted by molar-refractivity contribution is 0.0746. The van der Waals surface area contributed by atoms with E-state index in [1.54, 1.807) is 7.11 Å². The minimum Gasteiger partial charge on any atom is -0.497 e. The van der Waals surface area contributed by atoms with Crippen molar-refractivity contribution in [3.63, 3.8) is 0 Å². The Balaban J connectivity index is 1.48. The maximum absolute atomic E-state index is 13.1. The van der Waals surface area contributed by atoms with Crippen LogP contribution < -0.4 is 9.64 Å². The first-order valence-electron chi connectivity index (χ1n) is 8.77. The van der Waals surface area contributed by atoms with Crippen LogP contribution in [0.2, 0.25) is 0 Å². The average Bonchev–Trinajstić information content (AvgIpc) is 3.28. The fourth-order valence-corrected chi connectivity index (χ4v) is 3.27. The molecule has 0 spiro atoms. The molecule has 1 fully saturated rings. The Kier molecular flexibility index (Phi) is 4.69. The highest BCUT2D eigenvalue weighted by Crippen LogP contribution is 2.23. The number of methoxy groups -OCH3 is 1. The van der Waals surface area contributed by atoms with Gasteiger partial charge in [0.1, 0.15) is 12.1 Å². The highest BCUT2D eigenvalue weighted by atomic mass is 16.5. The van der Waals surface area contributed by atoms with E-state index < -0.39 is 0 Å². The van der Waals surface area contributed by atoms with E-state index in [9.17, 15) is 4.79 Å². The summed E-state index contributed by atoms with van der Waals surface area (Å²) in [5.74, 6) is 0.827. The predicted molar refractivity (Wildman–Crippen MR) is 100 cm³/mol. The molecule has 8 nitrogen and oxygen atoms in total. The first kappa shape index (κ1) is 17.0. The molecule has 1 aromatic heterocycles. The number of anilines is 1. The van der Waals surface area contributed by atoms with Crippen LogP contribution in [-0.4, -0.2) is 64.3 Å². The van der Waals surface area contributed by atoms with Gasteiger partial charge in [0.05, 0.1) is 18.4 Å². The zero-order valence-electron chi connectivity index (χ0n) is 15.0. The van der Waals surface area contributed by atoms with Gasteiger partial charge in [-0.1, -0.05) is 18.2 Å². The van der Waals surface area contributed by atoms with E-state index in [4.69, 9.17) is 4.74 Å². The first-order chi connectivity index (χ1) is 13.3. The van der Waals surface area contributed by atoms with E-state index in [2.05, 4.69) is 26.5 Å². The van der Waals surface area contributed by atoms with E-state index in [0.717, 1.165) is 24.5 Å². The third-order valence-electron chi connectivity index (χ3n) is 4.72. The number of carbonyl (C=O) groups excluding carboxylic acids is 1. The fraction of sp³-hybridized carbons (Fsp3) is 0.263. The van der Waals surface area contributed by atoms with Gasteiger partial charge in [-0.2, -0.15) is 4.68 Å². The molecule has 0 aliphatic carbocycles. The van der Waals surface area contributed by atoms with Gasteiger partial charge in [-0.25, -0.2) is 0 Å². The van der Waals surface area contributed by atoms with Gasteiger partial charge in [-0.3, -0.25) is 4.79 Å². The van der Waals surface area contributed by atoms with Gasteiger partial charge in [0.15, 0.2) is 0 Å². The third kappa shape index (κ3) is 3.46. The van der Waals surface area contributed by atoms with E-state index in [-0.39, 0.29) is 5.91 Å². The van der Waals surface area contributed by atoms with Crippen LogP contribution in [0.3, 0.4) is 0 Å². The number of hydrogen-bond donors (Lipinski definition) is 0. The Morgan fingerprint density at radius 2 is 1.85 bits per heavy atom.